The van der Waals surface area contributed by atoms with Crippen LogP contribution in [0.2, 0.25) is 0 Å². The third-order valence-electron chi connectivity index (χ3n) is 2.85. The monoisotopic (exact) mass is 234 g/mol. The van der Waals surface area contributed by atoms with Gasteiger partial charge in [0.2, 0.25) is 5.95 Å². The number of guanidine groups is 1. The van der Waals surface area contributed by atoms with Crippen LogP contribution in [0.3, 0.4) is 0 Å². The lowest BCUT2D eigenvalue weighted by Crippen LogP contribution is -2.52. The van der Waals surface area contributed by atoms with Gasteiger partial charge in [-0.2, -0.15) is 0 Å². The topological polar surface area (TPSA) is 56.7 Å². The minimum atomic E-state index is 0.812. The Morgan fingerprint density at radius 2 is 1.88 bits per heavy atom. The van der Waals surface area contributed by atoms with Gasteiger partial charge < -0.3 is 15.1 Å². The average Bonchev–Trinajstić information content (AvgIpc) is 2.42. The Bertz CT molecular complexity index is 369. The number of nitrogens with zero attached hydrogens (tertiary/aromatic N) is 5. The standard InChI is InChI=1S/C11H18N6/c1-12-10(13-2)16-6-8-17(9-7-16)11-14-4-3-5-15-11/h3-5H,6-9H2,1-2H3,(H,12,13). The van der Waals surface area contributed by atoms with Crippen LogP contribution >= 0.6 is 0 Å². The summed E-state index contributed by atoms with van der Waals surface area (Å²) >= 11 is 0. The first kappa shape index (κ1) is 11.6. The van der Waals surface area contributed by atoms with E-state index in [0.29, 0.717) is 0 Å². The van der Waals surface area contributed by atoms with Crippen molar-refractivity contribution in [1.29, 1.82) is 0 Å². The number of hydrogen-bond donors (Lipinski definition) is 1. The molecule has 0 aliphatic carbocycles. The molecule has 2 heterocycles. The highest BCUT2D eigenvalue weighted by Crippen LogP contribution is 2.09. The smallest absolute Gasteiger partial charge is 0.225 e. The lowest BCUT2D eigenvalue weighted by Gasteiger charge is -2.36. The number of aliphatic imine (C=N–C) groups is 1. The molecule has 1 N–H and O–H groups in total. The molecule has 0 spiro atoms. The van der Waals surface area contributed by atoms with Crippen molar-refractivity contribution in [3.8, 4) is 0 Å². The Morgan fingerprint density at radius 1 is 1.24 bits per heavy atom. The number of nitrogens with one attached hydrogen (secondary N) is 1. The SMILES string of the molecule is CN=C(NC)N1CCN(c2ncccn2)CC1. The molecule has 1 aromatic rings. The third-order valence-corrected chi connectivity index (χ3v) is 2.85. The second-order valence-electron chi connectivity index (χ2n) is 3.82. The highest BCUT2D eigenvalue weighted by atomic mass is 15.4. The number of rotatable bonds is 1. The molecule has 0 bridgehead atoms. The molecule has 1 saturated heterocycles. The molecular weight excluding hydrogens is 216 g/mol. The molecule has 2 rings (SSSR count). The third kappa shape index (κ3) is 2.64. The van der Waals surface area contributed by atoms with Crippen molar-refractivity contribution in [3.63, 3.8) is 0 Å². The van der Waals surface area contributed by atoms with E-state index in [1.165, 1.54) is 0 Å². The Morgan fingerprint density at radius 3 is 2.41 bits per heavy atom. The van der Waals surface area contributed by atoms with Crippen molar-refractivity contribution in [2.45, 2.75) is 0 Å². The first-order valence-corrected chi connectivity index (χ1v) is 5.76. The van der Waals surface area contributed by atoms with Gasteiger partial charge in [-0.25, -0.2) is 9.97 Å². The number of anilines is 1. The summed E-state index contributed by atoms with van der Waals surface area (Å²) in [5.41, 5.74) is 0. The van der Waals surface area contributed by atoms with Gasteiger partial charge in [-0.1, -0.05) is 0 Å². The van der Waals surface area contributed by atoms with Crippen LogP contribution in [0.25, 0.3) is 0 Å². The van der Waals surface area contributed by atoms with Crippen molar-refractivity contribution in [3.05, 3.63) is 18.5 Å². The van der Waals surface area contributed by atoms with Crippen molar-refractivity contribution in [2.24, 2.45) is 4.99 Å². The van der Waals surface area contributed by atoms with Crippen molar-refractivity contribution >= 4 is 11.9 Å². The van der Waals surface area contributed by atoms with Crippen LogP contribution in [0.4, 0.5) is 5.95 Å². The summed E-state index contributed by atoms with van der Waals surface area (Å²) in [6, 6.07) is 1.84. The summed E-state index contributed by atoms with van der Waals surface area (Å²) < 4.78 is 0. The quantitative estimate of drug-likeness (QED) is 0.539. The summed E-state index contributed by atoms with van der Waals surface area (Å²) in [5.74, 6) is 1.75. The molecule has 0 radical (unpaired) electrons. The van der Waals surface area contributed by atoms with E-state index in [9.17, 15) is 0 Å². The Balaban J connectivity index is 1.95. The Labute approximate surface area is 101 Å². The van der Waals surface area contributed by atoms with Gasteiger partial charge in [0, 0.05) is 52.7 Å². The van der Waals surface area contributed by atoms with Crippen LogP contribution in [0.5, 0.6) is 0 Å². The molecule has 6 nitrogen and oxygen atoms in total. The fourth-order valence-electron chi connectivity index (χ4n) is 1.98. The molecule has 0 amide bonds. The molecule has 1 aliphatic rings. The second-order valence-corrected chi connectivity index (χ2v) is 3.82. The zero-order chi connectivity index (χ0) is 12.1. The molecule has 1 aromatic heterocycles. The molecular formula is C11H18N6. The maximum atomic E-state index is 4.26. The van der Waals surface area contributed by atoms with E-state index in [2.05, 4.69) is 30.1 Å². The lowest BCUT2D eigenvalue weighted by molar-refractivity contribution is 0.373. The van der Waals surface area contributed by atoms with Gasteiger partial charge in [-0.15, -0.1) is 0 Å². The van der Waals surface area contributed by atoms with Crippen LogP contribution in [0.1, 0.15) is 0 Å². The summed E-state index contributed by atoms with van der Waals surface area (Å²) in [5, 5.41) is 3.10. The summed E-state index contributed by atoms with van der Waals surface area (Å²) in [4.78, 5) is 17.2. The molecule has 17 heavy (non-hydrogen) atoms. The van der Waals surface area contributed by atoms with E-state index in [1.807, 2.05) is 13.1 Å². The van der Waals surface area contributed by atoms with Gasteiger partial charge in [0.1, 0.15) is 0 Å². The fourth-order valence-corrected chi connectivity index (χ4v) is 1.98. The lowest BCUT2D eigenvalue weighted by atomic mass is 10.3. The highest BCUT2D eigenvalue weighted by molar-refractivity contribution is 5.79. The maximum absolute atomic E-state index is 4.26. The second kappa shape index (κ2) is 5.47. The molecule has 1 fully saturated rings. The highest BCUT2D eigenvalue weighted by Gasteiger charge is 2.20. The summed E-state index contributed by atoms with van der Waals surface area (Å²) in [6.07, 6.45) is 3.56. The van der Waals surface area contributed by atoms with Crippen LogP contribution in [0, 0.1) is 0 Å². The number of hydrogen-bond acceptors (Lipinski definition) is 4. The minimum absolute atomic E-state index is 0.812. The number of piperazine rings is 1. The summed E-state index contributed by atoms with van der Waals surface area (Å²) in [7, 11) is 3.70. The summed E-state index contributed by atoms with van der Waals surface area (Å²) in [6.45, 7) is 3.72. The zero-order valence-corrected chi connectivity index (χ0v) is 10.3. The predicted molar refractivity (Wildman–Crippen MR) is 68.2 cm³/mol. The van der Waals surface area contributed by atoms with Crippen molar-refractivity contribution in [1.82, 2.24) is 20.2 Å². The van der Waals surface area contributed by atoms with E-state index in [0.717, 1.165) is 38.1 Å². The van der Waals surface area contributed by atoms with Gasteiger partial charge in [0.25, 0.3) is 0 Å². The maximum Gasteiger partial charge on any atom is 0.225 e. The van der Waals surface area contributed by atoms with E-state index in [4.69, 9.17) is 0 Å². The first-order chi connectivity index (χ1) is 8.35. The van der Waals surface area contributed by atoms with E-state index in [-0.39, 0.29) is 0 Å². The molecule has 92 valence electrons. The largest absolute Gasteiger partial charge is 0.359 e. The van der Waals surface area contributed by atoms with Gasteiger partial charge in [-0.3, -0.25) is 4.99 Å². The average molecular weight is 234 g/mol. The molecule has 1 aliphatic heterocycles. The molecule has 0 unspecified atom stereocenters. The van der Waals surface area contributed by atoms with Crippen LogP contribution in [0.15, 0.2) is 23.5 Å². The van der Waals surface area contributed by atoms with Gasteiger partial charge >= 0.3 is 0 Å². The Hall–Kier alpha value is -1.85. The normalized spacial score (nSPS) is 17.2. The first-order valence-electron chi connectivity index (χ1n) is 5.76. The van der Waals surface area contributed by atoms with Gasteiger partial charge in [0.15, 0.2) is 5.96 Å². The molecule has 0 atom stereocenters. The van der Waals surface area contributed by atoms with E-state index in [1.54, 1.807) is 19.4 Å². The minimum Gasteiger partial charge on any atom is -0.359 e. The van der Waals surface area contributed by atoms with E-state index >= 15 is 0 Å². The molecule has 0 aromatic carbocycles. The molecule has 6 heteroatoms. The van der Waals surface area contributed by atoms with Crippen LogP contribution < -0.4 is 10.2 Å². The van der Waals surface area contributed by atoms with Gasteiger partial charge in [0.05, 0.1) is 0 Å². The fraction of sp³-hybridized carbons (Fsp3) is 0.545. The Kier molecular flexibility index (Phi) is 3.74. The van der Waals surface area contributed by atoms with Crippen LogP contribution in [-0.2, 0) is 0 Å². The van der Waals surface area contributed by atoms with E-state index < -0.39 is 0 Å². The number of aromatic nitrogens is 2. The zero-order valence-electron chi connectivity index (χ0n) is 10.3. The van der Waals surface area contributed by atoms with Gasteiger partial charge in [-0.05, 0) is 6.07 Å². The van der Waals surface area contributed by atoms with Crippen molar-refractivity contribution < 1.29 is 0 Å². The molecule has 0 saturated carbocycles. The van der Waals surface area contributed by atoms with Crippen LogP contribution in [-0.4, -0.2) is 61.1 Å². The van der Waals surface area contributed by atoms with Crippen molar-refractivity contribution in [2.75, 3.05) is 45.2 Å². The predicted octanol–water partition coefficient (Wildman–Crippen LogP) is -0.196.